The molecule has 3 aromatic rings. The average molecular weight is 384 g/mol. The summed E-state index contributed by atoms with van der Waals surface area (Å²) in [6.07, 6.45) is 0. The lowest BCUT2D eigenvalue weighted by molar-refractivity contribution is 0.0736. The number of carbonyl (C=O) groups is 1. The summed E-state index contributed by atoms with van der Waals surface area (Å²) < 4.78 is 1.09. The predicted molar refractivity (Wildman–Crippen MR) is 96.6 cm³/mol. The number of hydrogen-bond acceptors (Lipinski definition) is 2. The van der Waals surface area contributed by atoms with Gasteiger partial charge in [0, 0.05) is 12.1 Å². The van der Waals surface area contributed by atoms with Crippen LogP contribution in [0.3, 0.4) is 0 Å². The van der Waals surface area contributed by atoms with Crippen LogP contribution in [0.1, 0.15) is 33.1 Å². The van der Waals surface area contributed by atoms with Crippen molar-refractivity contribution < 1.29 is 4.79 Å². The van der Waals surface area contributed by atoms with Gasteiger partial charge in [0.05, 0.1) is 9.83 Å². The summed E-state index contributed by atoms with van der Waals surface area (Å²) in [5.74, 6) is 0.104. The van der Waals surface area contributed by atoms with Crippen LogP contribution in [0.4, 0.5) is 0 Å². The fourth-order valence-electron chi connectivity index (χ4n) is 3.14. The molecule has 23 heavy (non-hydrogen) atoms. The molecule has 2 nitrogen and oxygen atoms in total. The van der Waals surface area contributed by atoms with E-state index in [1.807, 2.05) is 46.7 Å². The number of fused-ring (bicyclic) bond motifs is 1. The van der Waals surface area contributed by atoms with E-state index in [4.69, 9.17) is 0 Å². The minimum Gasteiger partial charge on any atom is -0.323 e. The summed E-state index contributed by atoms with van der Waals surface area (Å²) in [7, 11) is 0. The summed E-state index contributed by atoms with van der Waals surface area (Å²) in [6, 6.07) is 20.2. The standard InChI is InChI=1S/C19H14BrNOS/c20-18-14(10-11-23-18)12-21-17(13-6-2-1-3-7-13)15-8-4-5-9-16(15)19(21)22/h1-11,17H,12H2. The maximum atomic E-state index is 12.9. The molecule has 0 spiro atoms. The van der Waals surface area contributed by atoms with E-state index in [9.17, 15) is 4.79 Å². The summed E-state index contributed by atoms with van der Waals surface area (Å²) in [4.78, 5) is 14.9. The Morgan fingerprint density at radius 2 is 1.74 bits per heavy atom. The van der Waals surface area contributed by atoms with Crippen molar-refractivity contribution in [3.8, 4) is 0 Å². The summed E-state index contributed by atoms with van der Waals surface area (Å²) in [5.41, 5.74) is 4.21. The summed E-state index contributed by atoms with van der Waals surface area (Å²) >= 11 is 5.23. The highest BCUT2D eigenvalue weighted by Crippen LogP contribution is 2.40. The molecule has 114 valence electrons. The molecule has 4 rings (SSSR count). The molecule has 1 aliphatic heterocycles. The van der Waals surface area contributed by atoms with Crippen LogP contribution in [0.2, 0.25) is 0 Å². The molecule has 0 radical (unpaired) electrons. The van der Waals surface area contributed by atoms with Gasteiger partial charge in [-0.15, -0.1) is 11.3 Å². The molecule has 1 atom stereocenters. The van der Waals surface area contributed by atoms with Gasteiger partial charge < -0.3 is 4.90 Å². The first kappa shape index (κ1) is 14.7. The molecular formula is C19H14BrNOS. The molecule has 1 amide bonds. The van der Waals surface area contributed by atoms with Gasteiger partial charge in [-0.3, -0.25) is 4.79 Å². The Balaban J connectivity index is 1.81. The highest BCUT2D eigenvalue weighted by Gasteiger charge is 2.37. The molecule has 1 aromatic heterocycles. The van der Waals surface area contributed by atoms with Crippen molar-refractivity contribution in [1.29, 1.82) is 0 Å². The van der Waals surface area contributed by atoms with E-state index in [0.717, 1.165) is 26.0 Å². The van der Waals surface area contributed by atoms with E-state index in [1.165, 1.54) is 0 Å². The van der Waals surface area contributed by atoms with Gasteiger partial charge in [0.1, 0.15) is 0 Å². The van der Waals surface area contributed by atoms with Gasteiger partial charge in [0.15, 0.2) is 0 Å². The fourth-order valence-corrected chi connectivity index (χ4v) is 4.36. The molecule has 0 saturated heterocycles. The van der Waals surface area contributed by atoms with Crippen molar-refractivity contribution in [3.63, 3.8) is 0 Å². The third-order valence-corrected chi connectivity index (χ3v) is 6.02. The van der Waals surface area contributed by atoms with Crippen molar-refractivity contribution >= 4 is 33.2 Å². The number of amides is 1. The van der Waals surface area contributed by atoms with E-state index in [2.05, 4.69) is 40.2 Å². The van der Waals surface area contributed by atoms with Crippen molar-refractivity contribution in [1.82, 2.24) is 4.90 Å². The van der Waals surface area contributed by atoms with Crippen molar-refractivity contribution in [2.75, 3.05) is 0 Å². The van der Waals surface area contributed by atoms with Crippen molar-refractivity contribution in [2.45, 2.75) is 12.6 Å². The molecule has 0 bridgehead atoms. The minimum absolute atomic E-state index is 0.0216. The molecule has 0 N–H and O–H groups in total. The van der Waals surface area contributed by atoms with Crippen LogP contribution in [-0.2, 0) is 6.54 Å². The zero-order chi connectivity index (χ0) is 15.8. The Labute approximate surface area is 147 Å². The van der Waals surface area contributed by atoms with Crippen LogP contribution in [0, 0.1) is 0 Å². The molecule has 0 aliphatic carbocycles. The van der Waals surface area contributed by atoms with Gasteiger partial charge >= 0.3 is 0 Å². The highest BCUT2D eigenvalue weighted by atomic mass is 79.9. The van der Waals surface area contributed by atoms with E-state index < -0.39 is 0 Å². The number of halogens is 1. The number of hydrogen-bond donors (Lipinski definition) is 0. The lowest BCUT2D eigenvalue weighted by atomic mass is 9.98. The predicted octanol–water partition coefficient (Wildman–Crippen LogP) is 5.26. The van der Waals surface area contributed by atoms with E-state index in [1.54, 1.807) is 11.3 Å². The van der Waals surface area contributed by atoms with E-state index in [-0.39, 0.29) is 11.9 Å². The van der Waals surface area contributed by atoms with Gasteiger partial charge in [-0.1, -0.05) is 48.5 Å². The lowest BCUT2D eigenvalue weighted by Crippen LogP contribution is -2.28. The first-order valence-electron chi connectivity index (χ1n) is 7.42. The maximum Gasteiger partial charge on any atom is 0.255 e. The second-order valence-electron chi connectivity index (χ2n) is 5.55. The zero-order valence-corrected chi connectivity index (χ0v) is 14.7. The third kappa shape index (κ3) is 2.52. The van der Waals surface area contributed by atoms with E-state index >= 15 is 0 Å². The van der Waals surface area contributed by atoms with Gasteiger partial charge in [0.25, 0.3) is 5.91 Å². The maximum absolute atomic E-state index is 12.9. The molecule has 1 aliphatic rings. The quantitative estimate of drug-likeness (QED) is 0.604. The van der Waals surface area contributed by atoms with Crippen LogP contribution in [0.5, 0.6) is 0 Å². The molecule has 1 unspecified atom stereocenters. The van der Waals surface area contributed by atoms with Gasteiger partial charge in [0.2, 0.25) is 0 Å². The number of rotatable bonds is 3. The largest absolute Gasteiger partial charge is 0.323 e. The summed E-state index contributed by atoms with van der Waals surface area (Å²) in [5, 5.41) is 2.05. The molecular weight excluding hydrogens is 370 g/mol. The molecule has 4 heteroatoms. The molecule has 0 saturated carbocycles. The monoisotopic (exact) mass is 383 g/mol. The van der Waals surface area contributed by atoms with Crippen LogP contribution >= 0.6 is 27.3 Å². The molecule has 0 fully saturated rings. The first-order chi connectivity index (χ1) is 11.3. The number of benzene rings is 2. The molecule has 2 heterocycles. The Kier molecular flexibility index (Phi) is 3.79. The van der Waals surface area contributed by atoms with Crippen LogP contribution in [0.25, 0.3) is 0 Å². The van der Waals surface area contributed by atoms with Crippen molar-refractivity contribution in [2.24, 2.45) is 0 Å². The van der Waals surface area contributed by atoms with Gasteiger partial charge in [-0.2, -0.15) is 0 Å². The Bertz CT molecular complexity index is 859. The minimum atomic E-state index is -0.0216. The van der Waals surface area contributed by atoms with Crippen molar-refractivity contribution in [3.05, 3.63) is 92.1 Å². The fraction of sp³-hybridized carbons (Fsp3) is 0.105. The normalized spacial score (nSPS) is 16.7. The SMILES string of the molecule is O=C1c2ccccc2C(c2ccccc2)N1Cc1ccsc1Br. The van der Waals surface area contributed by atoms with Gasteiger partial charge in [-0.25, -0.2) is 0 Å². The number of nitrogens with zero attached hydrogens (tertiary/aromatic N) is 1. The Morgan fingerprint density at radius 3 is 2.48 bits per heavy atom. The molecule has 2 aromatic carbocycles. The van der Waals surface area contributed by atoms with Crippen LogP contribution < -0.4 is 0 Å². The Hall–Kier alpha value is -1.91. The first-order valence-corrected chi connectivity index (χ1v) is 9.09. The topological polar surface area (TPSA) is 20.3 Å². The smallest absolute Gasteiger partial charge is 0.255 e. The number of carbonyl (C=O) groups excluding carboxylic acids is 1. The average Bonchev–Trinajstić information content (AvgIpc) is 3.11. The van der Waals surface area contributed by atoms with Gasteiger partial charge in [-0.05, 0) is 50.1 Å². The van der Waals surface area contributed by atoms with Crippen LogP contribution in [-0.4, -0.2) is 10.8 Å². The highest BCUT2D eigenvalue weighted by molar-refractivity contribution is 9.11. The second kappa shape index (κ2) is 5.95. The lowest BCUT2D eigenvalue weighted by Gasteiger charge is -2.25. The summed E-state index contributed by atoms with van der Waals surface area (Å²) in [6.45, 7) is 0.608. The Morgan fingerprint density at radius 1 is 1.00 bits per heavy atom. The van der Waals surface area contributed by atoms with E-state index in [0.29, 0.717) is 6.54 Å². The second-order valence-corrected chi connectivity index (χ2v) is 7.79. The van der Waals surface area contributed by atoms with Crippen LogP contribution in [0.15, 0.2) is 69.8 Å². The third-order valence-electron chi connectivity index (χ3n) is 4.21. The zero-order valence-electron chi connectivity index (χ0n) is 12.3. The number of thiophene rings is 1.